The normalized spacial score (nSPS) is 15.8. The number of anilines is 2. The number of rotatable bonds is 2. The highest BCUT2D eigenvalue weighted by Crippen LogP contribution is 2.38. The molecule has 0 spiro atoms. The van der Waals surface area contributed by atoms with Crippen LogP contribution in [0.2, 0.25) is 0 Å². The van der Waals surface area contributed by atoms with E-state index in [1.807, 2.05) is 19.0 Å². The first kappa shape index (κ1) is 8.29. The van der Waals surface area contributed by atoms with Gasteiger partial charge < -0.3 is 10.6 Å². The number of hydrogen-bond acceptors (Lipinski definition) is 4. The first-order valence-electron chi connectivity index (χ1n) is 4.48. The predicted octanol–water partition coefficient (Wildman–Crippen LogP) is 1.00. The van der Waals surface area contributed by atoms with Crippen LogP contribution in [0.5, 0.6) is 0 Å². The van der Waals surface area contributed by atoms with Crippen molar-refractivity contribution in [3.05, 3.63) is 11.9 Å². The number of nitrogens with two attached hydrogens (primary N) is 1. The molecule has 2 rings (SSSR count). The lowest BCUT2D eigenvalue weighted by atomic mass is 10.4. The summed E-state index contributed by atoms with van der Waals surface area (Å²) in [5.41, 5.74) is 5.68. The summed E-state index contributed by atoms with van der Waals surface area (Å²) in [6, 6.07) is 1.80. The molecule has 70 valence electrons. The Labute approximate surface area is 77.8 Å². The van der Waals surface area contributed by atoms with Crippen molar-refractivity contribution in [3.63, 3.8) is 0 Å². The third-order valence-electron chi connectivity index (χ3n) is 2.15. The van der Waals surface area contributed by atoms with Crippen molar-refractivity contribution in [3.8, 4) is 0 Å². The van der Waals surface area contributed by atoms with Crippen molar-refractivity contribution in [2.24, 2.45) is 0 Å². The first-order valence-corrected chi connectivity index (χ1v) is 4.48. The highest BCUT2D eigenvalue weighted by atomic mass is 15.2. The minimum atomic E-state index is 0.558. The second-order valence-electron chi connectivity index (χ2n) is 3.68. The highest BCUT2D eigenvalue weighted by molar-refractivity contribution is 5.46. The minimum absolute atomic E-state index is 0.558. The molecule has 4 nitrogen and oxygen atoms in total. The van der Waals surface area contributed by atoms with Crippen LogP contribution in [0.1, 0.15) is 24.6 Å². The summed E-state index contributed by atoms with van der Waals surface area (Å²) < 4.78 is 0. The summed E-state index contributed by atoms with van der Waals surface area (Å²) >= 11 is 0. The molecule has 4 heteroatoms. The molecule has 1 saturated carbocycles. The van der Waals surface area contributed by atoms with Gasteiger partial charge in [-0.25, -0.2) is 9.97 Å². The summed E-state index contributed by atoms with van der Waals surface area (Å²) in [4.78, 5) is 10.6. The van der Waals surface area contributed by atoms with Crippen LogP contribution in [0, 0.1) is 0 Å². The molecule has 0 radical (unpaired) electrons. The second kappa shape index (κ2) is 2.87. The van der Waals surface area contributed by atoms with Gasteiger partial charge in [0.15, 0.2) is 0 Å². The largest absolute Gasteiger partial charge is 0.384 e. The molecule has 1 aromatic heterocycles. The topological polar surface area (TPSA) is 55.0 Å². The quantitative estimate of drug-likeness (QED) is 0.734. The van der Waals surface area contributed by atoms with Crippen LogP contribution in [0.25, 0.3) is 0 Å². The van der Waals surface area contributed by atoms with Gasteiger partial charge in [0.25, 0.3) is 0 Å². The van der Waals surface area contributed by atoms with Gasteiger partial charge in [-0.3, -0.25) is 0 Å². The maximum atomic E-state index is 5.68. The van der Waals surface area contributed by atoms with Crippen LogP contribution in [-0.4, -0.2) is 24.1 Å². The van der Waals surface area contributed by atoms with Crippen molar-refractivity contribution < 1.29 is 0 Å². The maximum absolute atomic E-state index is 5.68. The zero-order chi connectivity index (χ0) is 9.42. The fourth-order valence-corrected chi connectivity index (χ4v) is 1.22. The third-order valence-corrected chi connectivity index (χ3v) is 2.15. The number of hydrogen-bond donors (Lipinski definition) is 1. The van der Waals surface area contributed by atoms with Gasteiger partial charge in [0, 0.05) is 26.1 Å². The maximum Gasteiger partial charge on any atom is 0.136 e. The molecule has 0 bridgehead atoms. The Hall–Kier alpha value is -1.32. The first-order chi connectivity index (χ1) is 6.16. The molecule has 0 saturated heterocycles. The van der Waals surface area contributed by atoms with Crippen LogP contribution < -0.4 is 10.6 Å². The molecule has 1 fully saturated rings. The van der Waals surface area contributed by atoms with Crippen molar-refractivity contribution >= 4 is 11.6 Å². The van der Waals surface area contributed by atoms with Gasteiger partial charge in [-0.2, -0.15) is 0 Å². The average Bonchev–Trinajstić information content (AvgIpc) is 2.85. The average molecular weight is 178 g/mol. The highest BCUT2D eigenvalue weighted by Gasteiger charge is 2.27. The van der Waals surface area contributed by atoms with Crippen molar-refractivity contribution in [2.45, 2.75) is 18.8 Å². The van der Waals surface area contributed by atoms with Crippen LogP contribution in [0.15, 0.2) is 6.07 Å². The molecular weight excluding hydrogens is 164 g/mol. The number of nitrogen functional groups attached to an aromatic ring is 1. The SMILES string of the molecule is CN(C)c1cc(N)nc(C2CC2)n1. The Morgan fingerprint density at radius 1 is 1.38 bits per heavy atom. The Morgan fingerprint density at radius 3 is 2.62 bits per heavy atom. The van der Waals surface area contributed by atoms with Crippen molar-refractivity contribution in [2.75, 3.05) is 24.7 Å². The van der Waals surface area contributed by atoms with E-state index < -0.39 is 0 Å². The summed E-state index contributed by atoms with van der Waals surface area (Å²) in [5.74, 6) is 2.93. The van der Waals surface area contributed by atoms with E-state index >= 15 is 0 Å². The van der Waals surface area contributed by atoms with E-state index in [-0.39, 0.29) is 0 Å². The number of nitrogens with zero attached hydrogens (tertiary/aromatic N) is 3. The van der Waals surface area contributed by atoms with E-state index in [1.165, 1.54) is 12.8 Å². The fraction of sp³-hybridized carbons (Fsp3) is 0.556. The molecule has 1 aliphatic rings. The molecular formula is C9H14N4. The minimum Gasteiger partial charge on any atom is -0.384 e. The lowest BCUT2D eigenvalue weighted by Gasteiger charge is -2.12. The standard InChI is InChI=1S/C9H14N4/c1-13(2)8-5-7(10)11-9(12-8)6-3-4-6/h5-6H,3-4H2,1-2H3,(H2,10,11,12). The van der Waals surface area contributed by atoms with E-state index in [4.69, 9.17) is 5.73 Å². The molecule has 0 aliphatic heterocycles. The van der Waals surface area contributed by atoms with Gasteiger partial charge in [0.05, 0.1) is 0 Å². The van der Waals surface area contributed by atoms with Gasteiger partial charge >= 0.3 is 0 Å². The Morgan fingerprint density at radius 2 is 2.08 bits per heavy atom. The smallest absolute Gasteiger partial charge is 0.136 e. The molecule has 13 heavy (non-hydrogen) atoms. The van der Waals surface area contributed by atoms with Crippen molar-refractivity contribution in [1.29, 1.82) is 0 Å². The summed E-state index contributed by atoms with van der Waals surface area (Å²) in [5, 5.41) is 0. The predicted molar refractivity (Wildman–Crippen MR) is 52.7 cm³/mol. The summed E-state index contributed by atoms with van der Waals surface area (Å²) in [7, 11) is 3.91. The Balaban J connectivity index is 2.36. The summed E-state index contributed by atoms with van der Waals surface area (Å²) in [6.07, 6.45) is 2.41. The Bertz CT molecular complexity index is 297. The van der Waals surface area contributed by atoms with E-state index in [0.717, 1.165) is 11.6 Å². The van der Waals surface area contributed by atoms with Gasteiger partial charge in [0.2, 0.25) is 0 Å². The van der Waals surface area contributed by atoms with Gasteiger partial charge in [-0.1, -0.05) is 0 Å². The zero-order valence-electron chi connectivity index (χ0n) is 7.99. The molecule has 0 atom stereocenters. The van der Waals surface area contributed by atoms with E-state index in [0.29, 0.717) is 11.7 Å². The van der Waals surface area contributed by atoms with E-state index in [9.17, 15) is 0 Å². The molecule has 1 aromatic rings. The Kier molecular flexibility index (Phi) is 1.83. The lowest BCUT2D eigenvalue weighted by molar-refractivity contribution is 0.911. The molecule has 0 unspecified atom stereocenters. The molecule has 0 aromatic carbocycles. The fourth-order valence-electron chi connectivity index (χ4n) is 1.22. The lowest BCUT2D eigenvalue weighted by Crippen LogP contribution is -2.13. The molecule has 1 heterocycles. The molecule has 0 amide bonds. The second-order valence-corrected chi connectivity index (χ2v) is 3.68. The molecule has 2 N–H and O–H groups in total. The van der Waals surface area contributed by atoms with E-state index in [2.05, 4.69) is 9.97 Å². The zero-order valence-corrected chi connectivity index (χ0v) is 7.99. The molecule has 1 aliphatic carbocycles. The van der Waals surface area contributed by atoms with Crippen LogP contribution in [0.3, 0.4) is 0 Å². The van der Waals surface area contributed by atoms with Gasteiger partial charge in [-0.05, 0) is 12.8 Å². The van der Waals surface area contributed by atoms with E-state index in [1.54, 1.807) is 6.07 Å². The van der Waals surface area contributed by atoms with Crippen LogP contribution in [0.4, 0.5) is 11.6 Å². The van der Waals surface area contributed by atoms with Crippen molar-refractivity contribution in [1.82, 2.24) is 9.97 Å². The van der Waals surface area contributed by atoms with Gasteiger partial charge in [0.1, 0.15) is 17.5 Å². The summed E-state index contributed by atoms with van der Waals surface area (Å²) in [6.45, 7) is 0. The van der Waals surface area contributed by atoms with Crippen LogP contribution >= 0.6 is 0 Å². The number of aromatic nitrogens is 2. The van der Waals surface area contributed by atoms with Crippen LogP contribution in [-0.2, 0) is 0 Å². The monoisotopic (exact) mass is 178 g/mol. The third kappa shape index (κ3) is 1.71. The van der Waals surface area contributed by atoms with Gasteiger partial charge in [-0.15, -0.1) is 0 Å².